The lowest BCUT2D eigenvalue weighted by atomic mass is 10.2. The highest BCUT2D eigenvalue weighted by atomic mass is 35.5. The van der Waals surface area contributed by atoms with Crippen molar-refractivity contribution in [3.63, 3.8) is 0 Å². The van der Waals surface area contributed by atoms with E-state index >= 15 is 0 Å². The average molecular weight is 333 g/mol. The molecule has 4 nitrogen and oxygen atoms in total. The summed E-state index contributed by atoms with van der Waals surface area (Å²) >= 11 is 5.81. The van der Waals surface area contributed by atoms with E-state index in [9.17, 15) is 18.0 Å². The van der Waals surface area contributed by atoms with Crippen LogP contribution in [-0.2, 0) is 7.05 Å². The molecule has 22 heavy (non-hydrogen) atoms. The molecule has 2 rings (SSSR count). The molecule has 118 valence electrons. The van der Waals surface area contributed by atoms with Gasteiger partial charge in [-0.05, 0) is 30.3 Å². The summed E-state index contributed by atoms with van der Waals surface area (Å²) in [6.45, 7) is -1.46. The van der Waals surface area contributed by atoms with Crippen molar-refractivity contribution in [1.29, 1.82) is 0 Å². The molecule has 0 saturated heterocycles. The second-order valence-electron chi connectivity index (χ2n) is 4.50. The molecule has 0 atom stereocenters. The van der Waals surface area contributed by atoms with Crippen LogP contribution < -0.4 is 10.1 Å². The molecule has 1 N–H and O–H groups in total. The van der Waals surface area contributed by atoms with Crippen LogP contribution in [0.2, 0.25) is 5.02 Å². The Morgan fingerprint density at radius 3 is 2.68 bits per heavy atom. The molecule has 0 bridgehead atoms. The van der Waals surface area contributed by atoms with Crippen LogP contribution in [0.3, 0.4) is 0 Å². The van der Waals surface area contributed by atoms with Gasteiger partial charge in [-0.2, -0.15) is 13.2 Å². The van der Waals surface area contributed by atoms with E-state index in [1.807, 2.05) is 0 Å². The van der Waals surface area contributed by atoms with Gasteiger partial charge in [0.25, 0.3) is 5.91 Å². The number of aryl methyl sites for hydroxylation is 1. The highest BCUT2D eigenvalue weighted by Gasteiger charge is 2.29. The number of hydrogen-bond acceptors (Lipinski definition) is 2. The molecule has 8 heteroatoms. The van der Waals surface area contributed by atoms with E-state index in [1.54, 1.807) is 29.9 Å². The number of halogens is 4. The highest BCUT2D eigenvalue weighted by Crippen LogP contribution is 2.30. The van der Waals surface area contributed by atoms with Gasteiger partial charge in [-0.15, -0.1) is 0 Å². The van der Waals surface area contributed by atoms with E-state index < -0.39 is 18.7 Å². The predicted octanol–water partition coefficient (Wildman–Crippen LogP) is 3.87. The van der Waals surface area contributed by atoms with Crippen LogP contribution in [0.5, 0.6) is 5.75 Å². The average Bonchev–Trinajstić information content (AvgIpc) is 2.83. The number of ether oxygens (including phenoxy) is 1. The van der Waals surface area contributed by atoms with Crippen molar-refractivity contribution in [3.8, 4) is 5.75 Å². The Kier molecular flexibility index (Phi) is 4.65. The highest BCUT2D eigenvalue weighted by molar-refractivity contribution is 6.31. The number of aromatic nitrogens is 1. The molecule has 0 aliphatic rings. The molecule has 1 heterocycles. The second-order valence-corrected chi connectivity index (χ2v) is 4.94. The van der Waals surface area contributed by atoms with Crippen molar-refractivity contribution in [3.05, 3.63) is 47.2 Å². The lowest BCUT2D eigenvalue weighted by Gasteiger charge is -2.14. The topological polar surface area (TPSA) is 43.3 Å². The van der Waals surface area contributed by atoms with Gasteiger partial charge in [-0.1, -0.05) is 11.6 Å². The van der Waals surface area contributed by atoms with E-state index in [2.05, 4.69) is 5.32 Å². The number of carbonyl (C=O) groups is 1. The molecule has 0 spiro atoms. The molecular formula is C14H12ClF3N2O2. The smallest absolute Gasteiger partial charge is 0.422 e. The molecule has 0 aliphatic carbocycles. The van der Waals surface area contributed by atoms with Crippen LogP contribution in [0.15, 0.2) is 36.5 Å². The number of nitrogens with one attached hydrogen (secondary N) is 1. The third-order valence-corrected chi connectivity index (χ3v) is 2.99. The van der Waals surface area contributed by atoms with E-state index in [0.717, 1.165) is 0 Å². The quantitative estimate of drug-likeness (QED) is 0.923. The van der Waals surface area contributed by atoms with Gasteiger partial charge in [0, 0.05) is 18.3 Å². The fourth-order valence-corrected chi connectivity index (χ4v) is 1.94. The van der Waals surface area contributed by atoms with Crippen molar-refractivity contribution in [2.75, 3.05) is 11.9 Å². The first-order valence-electron chi connectivity index (χ1n) is 6.18. The molecule has 0 aliphatic heterocycles. The minimum Gasteiger partial charge on any atom is -0.482 e. The lowest BCUT2D eigenvalue weighted by Crippen LogP contribution is -2.21. The molecule has 0 radical (unpaired) electrons. The van der Waals surface area contributed by atoms with Gasteiger partial charge >= 0.3 is 6.18 Å². The van der Waals surface area contributed by atoms with Crippen molar-refractivity contribution in [1.82, 2.24) is 4.57 Å². The Morgan fingerprint density at radius 2 is 2.09 bits per heavy atom. The number of anilines is 1. The van der Waals surface area contributed by atoms with Gasteiger partial charge in [0.1, 0.15) is 11.4 Å². The normalized spacial score (nSPS) is 11.3. The minimum absolute atomic E-state index is 0.0722. The lowest BCUT2D eigenvalue weighted by molar-refractivity contribution is -0.153. The third kappa shape index (κ3) is 4.17. The minimum atomic E-state index is -4.47. The summed E-state index contributed by atoms with van der Waals surface area (Å²) in [5.74, 6) is -0.587. The zero-order valence-corrected chi connectivity index (χ0v) is 12.2. The van der Waals surface area contributed by atoms with E-state index in [4.69, 9.17) is 16.3 Å². The molecular weight excluding hydrogens is 321 g/mol. The molecule has 0 unspecified atom stereocenters. The molecule has 1 amide bonds. The summed E-state index contributed by atoms with van der Waals surface area (Å²) in [5, 5.41) is 2.76. The Balaban J connectivity index is 2.20. The first kappa shape index (κ1) is 16.2. The first-order valence-corrected chi connectivity index (χ1v) is 6.56. The van der Waals surface area contributed by atoms with Gasteiger partial charge < -0.3 is 14.6 Å². The summed E-state index contributed by atoms with van der Waals surface area (Å²) in [6.07, 6.45) is -2.80. The number of alkyl halides is 3. The second kappa shape index (κ2) is 6.31. The summed E-state index contributed by atoms with van der Waals surface area (Å²) in [7, 11) is 1.67. The number of benzene rings is 1. The Labute approximate surface area is 129 Å². The Bertz CT molecular complexity index is 683. The van der Waals surface area contributed by atoms with E-state index in [0.29, 0.717) is 5.69 Å². The maximum Gasteiger partial charge on any atom is 0.422 e. The summed E-state index contributed by atoms with van der Waals surface area (Å²) in [6, 6.07) is 7.23. The maximum absolute atomic E-state index is 12.2. The van der Waals surface area contributed by atoms with Crippen molar-refractivity contribution in [2.24, 2.45) is 7.05 Å². The summed E-state index contributed by atoms with van der Waals surface area (Å²) in [5.41, 5.74) is 0.421. The monoisotopic (exact) mass is 332 g/mol. The molecule has 2 aromatic rings. The summed E-state index contributed by atoms with van der Waals surface area (Å²) < 4.78 is 43.0. The third-order valence-electron chi connectivity index (χ3n) is 2.76. The van der Waals surface area contributed by atoms with Crippen LogP contribution in [0, 0.1) is 0 Å². The Hall–Kier alpha value is -2.15. The van der Waals surface area contributed by atoms with Crippen LogP contribution in [-0.4, -0.2) is 23.3 Å². The van der Waals surface area contributed by atoms with Crippen LogP contribution >= 0.6 is 11.6 Å². The molecule has 0 saturated carbocycles. The number of rotatable bonds is 4. The van der Waals surface area contributed by atoms with Crippen LogP contribution in [0.25, 0.3) is 0 Å². The predicted molar refractivity (Wildman–Crippen MR) is 76.4 cm³/mol. The number of carbonyl (C=O) groups excluding carboxylic acids is 1. The molecule has 0 fully saturated rings. The van der Waals surface area contributed by atoms with Gasteiger partial charge in [-0.25, -0.2) is 0 Å². The van der Waals surface area contributed by atoms with E-state index in [1.165, 1.54) is 18.2 Å². The van der Waals surface area contributed by atoms with Crippen LogP contribution in [0.1, 0.15) is 10.5 Å². The number of nitrogens with zero attached hydrogens (tertiary/aromatic N) is 1. The number of amides is 1. The van der Waals surface area contributed by atoms with E-state index in [-0.39, 0.29) is 16.5 Å². The van der Waals surface area contributed by atoms with Crippen molar-refractivity contribution in [2.45, 2.75) is 6.18 Å². The van der Waals surface area contributed by atoms with Gasteiger partial charge in [0.05, 0.1) is 5.69 Å². The molecule has 1 aromatic carbocycles. The Morgan fingerprint density at radius 1 is 1.36 bits per heavy atom. The zero-order chi connectivity index (χ0) is 16.3. The fourth-order valence-electron chi connectivity index (χ4n) is 1.77. The fraction of sp³-hybridized carbons (Fsp3) is 0.214. The number of hydrogen-bond donors (Lipinski definition) is 1. The van der Waals surface area contributed by atoms with Crippen molar-refractivity contribution < 1.29 is 22.7 Å². The first-order chi connectivity index (χ1) is 10.3. The van der Waals surface area contributed by atoms with Gasteiger partial charge in [-0.3, -0.25) is 4.79 Å². The van der Waals surface area contributed by atoms with Gasteiger partial charge in [0.2, 0.25) is 0 Å². The largest absolute Gasteiger partial charge is 0.482 e. The maximum atomic E-state index is 12.2. The van der Waals surface area contributed by atoms with Gasteiger partial charge in [0.15, 0.2) is 6.61 Å². The summed E-state index contributed by atoms with van der Waals surface area (Å²) in [4.78, 5) is 12.1. The molecule has 1 aromatic heterocycles. The SMILES string of the molecule is Cn1cccc1C(=O)Nc1cc(Cl)ccc1OCC(F)(F)F. The van der Waals surface area contributed by atoms with Crippen LogP contribution in [0.4, 0.5) is 18.9 Å². The van der Waals surface area contributed by atoms with Crippen molar-refractivity contribution >= 4 is 23.2 Å². The standard InChI is InChI=1S/C14H12ClF3N2O2/c1-20-6-2-3-11(20)13(21)19-10-7-9(15)4-5-12(10)22-8-14(16,17)18/h2-7H,8H2,1H3,(H,19,21). The zero-order valence-electron chi connectivity index (χ0n) is 11.4.